The zero-order chi connectivity index (χ0) is 24.0. The molecule has 34 heavy (non-hydrogen) atoms. The Bertz CT molecular complexity index is 971. The summed E-state index contributed by atoms with van der Waals surface area (Å²) >= 11 is 0. The third-order valence-corrected chi connectivity index (χ3v) is 6.94. The van der Waals surface area contributed by atoms with Gasteiger partial charge in [0.25, 0.3) is 5.69 Å². The highest BCUT2D eigenvalue weighted by Gasteiger charge is 2.42. The standard InChI is InChI=1S/C26H33N3O5/c1-20-3-2-14-28(19-20)15-18-34-24-10-6-22(7-11-24)27-25(30)26(12-16-33-17-13-26)21-4-8-23(9-5-21)29(31)32/h4-11,20H,2-3,12-19H2,1H3,(H,27,30)/t20-/m0/s1. The molecular formula is C26H33N3O5. The number of anilines is 1. The number of carbonyl (C=O) groups is 1. The molecule has 0 unspecified atom stereocenters. The molecule has 2 aromatic carbocycles. The van der Waals surface area contributed by atoms with Crippen molar-refractivity contribution in [2.24, 2.45) is 5.92 Å². The van der Waals surface area contributed by atoms with E-state index < -0.39 is 10.3 Å². The maximum absolute atomic E-state index is 13.4. The summed E-state index contributed by atoms with van der Waals surface area (Å²) in [5.41, 5.74) is 0.686. The predicted octanol–water partition coefficient (Wildman–Crippen LogP) is 4.39. The van der Waals surface area contributed by atoms with E-state index in [-0.39, 0.29) is 11.6 Å². The number of nitrogens with one attached hydrogen (secondary N) is 1. The molecule has 182 valence electrons. The summed E-state index contributed by atoms with van der Waals surface area (Å²) in [5.74, 6) is 1.40. The third-order valence-electron chi connectivity index (χ3n) is 6.94. The molecule has 2 fully saturated rings. The number of rotatable bonds is 8. The summed E-state index contributed by atoms with van der Waals surface area (Å²) in [6, 6.07) is 13.7. The van der Waals surface area contributed by atoms with Gasteiger partial charge in [-0.15, -0.1) is 0 Å². The molecular weight excluding hydrogens is 434 g/mol. The zero-order valence-corrected chi connectivity index (χ0v) is 19.7. The Morgan fingerprint density at radius 2 is 1.88 bits per heavy atom. The molecule has 0 spiro atoms. The van der Waals surface area contributed by atoms with Crippen molar-refractivity contribution in [1.29, 1.82) is 0 Å². The van der Waals surface area contributed by atoms with Crippen molar-refractivity contribution in [3.8, 4) is 5.75 Å². The van der Waals surface area contributed by atoms with Crippen LogP contribution in [0, 0.1) is 16.0 Å². The Balaban J connectivity index is 1.37. The van der Waals surface area contributed by atoms with Gasteiger partial charge in [-0.1, -0.05) is 19.1 Å². The van der Waals surface area contributed by atoms with Crippen LogP contribution in [-0.4, -0.2) is 55.2 Å². The monoisotopic (exact) mass is 467 g/mol. The van der Waals surface area contributed by atoms with Gasteiger partial charge >= 0.3 is 0 Å². The fourth-order valence-electron chi connectivity index (χ4n) is 4.94. The van der Waals surface area contributed by atoms with E-state index in [1.54, 1.807) is 12.1 Å². The molecule has 8 nitrogen and oxygen atoms in total. The number of piperidine rings is 1. The predicted molar refractivity (Wildman–Crippen MR) is 130 cm³/mol. The van der Waals surface area contributed by atoms with Crippen LogP contribution < -0.4 is 10.1 Å². The largest absolute Gasteiger partial charge is 0.492 e. The van der Waals surface area contributed by atoms with Gasteiger partial charge in [-0.25, -0.2) is 0 Å². The minimum Gasteiger partial charge on any atom is -0.492 e. The van der Waals surface area contributed by atoms with E-state index in [2.05, 4.69) is 17.1 Å². The molecule has 0 aromatic heterocycles. The molecule has 0 radical (unpaired) electrons. The van der Waals surface area contributed by atoms with Crippen molar-refractivity contribution in [3.05, 3.63) is 64.2 Å². The van der Waals surface area contributed by atoms with Crippen LogP contribution >= 0.6 is 0 Å². The highest BCUT2D eigenvalue weighted by atomic mass is 16.6. The summed E-state index contributed by atoms with van der Waals surface area (Å²) in [7, 11) is 0. The van der Waals surface area contributed by atoms with E-state index in [1.165, 1.54) is 25.0 Å². The highest BCUT2D eigenvalue weighted by molar-refractivity contribution is 5.99. The fraction of sp³-hybridized carbons (Fsp3) is 0.500. The van der Waals surface area contributed by atoms with E-state index in [9.17, 15) is 14.9 Å². The summed E-state index contributed by atoms with van der Waals surface area (Å²) in [6.07, 6.45) is 3.60. The van der Waals surface area contributed by atoms with Crippen LogP contribution in [0.2, 0.25) is 0 Å². The van der Waals surface area contributed by atoms with Gasteiger partial charge in [-0.05, 0) is 68.0 Å². The summed E-state index contributed by atoms with van der Waals surface area (Å²) < 4.78 is 11.4. The molecule has 1 atom stereocenters. The van der Waals surface area contributed by atoms with Crippen LogP contribution in [0.25, 0.3) is 0 Å². The Morgan fingerprint density at radius 3 is 2.53 bits per heavy atom. The molecule has 2 aromatic rings. The second-order valence-corrected chi connectivity index (χ2v) is 9.37. The molecule has 2 aliphatic heterocycles. The first-order valence-electron chi connectivity index (χ1n) is 12.1. The van der Waals surface area contributed by atoms with E-state index in [0.717, 1.165) is 36.9 Å². The minimum absolute atomic E-state index is 0.0109. The smallest absolute Gasteiger partial charge is 0.269 e. The van der Waals surface area contributed by atoms with Gasteiger partial charge in [0.2, 0.25) is 5.91 Å². The molecule has 8 heteroatoms. The average molecular weight is 468 g/mol. The summed E-state index contributed by atoms with van der Waals surface area (Å²) in [4.78, 5) is 26.5. The quantitative estimate of drug-likeness (QED) is 0.457. The van der Waals surface area contributed by atoms with Crippen molar-refractivity contribution in [3.63, 3.8) is 0 Å². The second kappa shape index (κ2) is 11.0. The Morgan fingerprint density at radius 1 is 1.18 bits per heavy atom. The number of non-ortho nitro benzene ring substituents is 1. The van der Waals surface area contributed by atoms with Gasteiger partial charge in [-0.3, -0.25) is 19.8 Å². The Hall–Kier alpha value is -2.97. The lowest BCUT2D eigenvalue weighted by Crippen LogP contribution is -2.44. The first-order chi connectivity index (χ1) is 16.5. The van der Waals surface area contributed by atoms with Crippen LogP contribution in [-0.2, 0) is 14.9 Å². The van der Waals surface area contributed by atoms with Gasteiger partial charge < -0.3 is 14.8 Å². The molecule has 0 saturated carbocycles. The molecule has 0 aliphatic carbocycles. The van der Waals surface area contributed by atoms with E-state index in [0.29, 0.717) is 38.3 Å². The van der Waals surface area contributed by atoms with Gasteiger partial charge in [-0.2, -0.15) is 0 Å². The molecule has 1 N–H and O–H groups in total. The minimum atomic E-state index is -0.784. The number of amides is 1. The number of likely N-dealkylation sites (tertiary alicyclic amines) is 1. The van der Waals surface area contributed by atoms with Gasteiger partial charge in [0.1, 0.15) is 12.4 Å². The number of nitro groups is 1. The van der Waals surface area contributed by atoms with E-state index in [1.807, 2.05) is 24.3 Å². The summed E-state index contributed by atoms with van der Waals surface area (Å²) in [6.45, 7) is 7.06. The molecule has 2 aliphatic rings. The van der Waals surface area contributed by atoms with Gasteiger partial charge in [0, 0.05) is 44.1 Å². The van der Waals surface area contributed by atoms with Crippen molar-refractivity contribution in [1.82, 2.24) is 4.90 Å². The molecule has 1 amide bonds. The maximum atomic E-state index is 13.4. The molecule has 2 saturated heterocycles. The average Bonchev–Trinajstić information content (AvgIpc) is 2.85. The summed E-state index contributed by atoms with van der Waals surface area (Å²) in [5, 5.41) is 14.1. The number of hydrogen-bond donors (Lipinski definition) is 1. The lowest BCUT2D eigenvalue weighted by atomic mass is 9.73. The lowest BCUT2D eigenvalue weighted by Gasteiger charge is -2.36. The SMILES string of the molecule is C[C@H]1CCCN(CCOc2ccc(NC(=O)C3(c4ccc([N+](=O)[O-])cc4)CCOCC3)cc2)C1. The lowest BCUT2D eigenvalue weighted by molar-refractivity contribution is -0.384. The molecule has 0 bridgehead atoms. The van der Waals surface area contributed by atoms with Gasteiger partial charge in [0.05, 0.1) is 10.3 Å². The zero-order valence-electron chi connectivity index (χ0n) is 19.7. The number of benzene rings is 2. The molecule has 2 heterocycles. The first-order valence-corrected chi connectivity index (χ1v) is 12.1. The number of carbonyl (C=O) groups excluding carboxylic acids is 1. The number of ether oxygens (including phenoxy) is 2. The van der Waals surface area contributed by atoms with E-state index >= 15 is 0 Å². The second-order valence-electron chi connectivity index (χ2n) is 9.37. The van der Waals surface area contributed by atoms with Gasteiger partial charge in [0.15, 0.2) is 0 Å². The van der Waals surface area contributed by atoms with Crippen LogP contribution in [0.4, 0.5) is 11.4 Å². The number of hydrogen-bond acceptors (Lipinski definition) is 6. The third kappa shape index (κ3) is 5.74. The van der Waals surface area contributed by atoms with E-state index in [4.69, 9.17) is 9.47 Å². The number of nitrogens with zero attached hydrogens (tertiary/aromatic N) is 2. The van der Waals surface area contributed by atoms with Crippen molar-refractivity contribution in [2.45, 2.75) is 38.0 Å². The first kappa shape index (κ1) is 24.2. The fourth-order valence-corrected chi connectivity index (χ4v) is 4.94. The maximum Gasteiger partial charge on any atom is 0.269 e. The van der Waals surface area contributed by atoms with Crippen molar-refractivity contribution in [2.75, 3.05) is 44.8 Å². The Labute approximate surface area is 200 Å². The Kier molecular flexibility index (Phi) is 7.80. The van der Waals surface area contributed by atoms with Crippen molar-refractivity contribution < 1.29 is 19.2 Å². The topological polar surface area (TPSA) is 93.9 Å². The van der Waals surface area contributed by atoms with Crippen LogP contribution in [0.3, 0.4) is 0 Å². The molecule has 4 rings (SSSR count). The normalized spacial score (nSPS) is 20.4. The van der Waals surface area contributed by atoms with Crippen molar-refractivity contribution >= 4 is 17.3 Å². The van der Waals surface area contributed by atoms with Crippen LogP contribution in [0.1, 0.15) is 38.2 Å². The van der Waals surface area contributed by atoms with Crippen LogP contribution in [0.5, 0.6) is 5.75 Å². The highest BCUT2D eigenvalue weighted by Crippen LogP contribution is 2.37. The van der Waals surface area contributed by atoms with Crippen LogP contribution in [0.15, 0.2) is 48.5 Å². The number of nitro benzene ring substituents is 1.